The van der Waals surface area contributed by atoms with Gasteiger partial charge in [-0.05, 0) is 32.9 Å². The second-order valence-electron chi connectivity index (χ2n) is 4.44. The lowest BCUT2D eigenvalue weighted by atomic mass is 9.97. The van der Waals surface area contributed by atoms with Crippen molar-refractivity contribution in [1.82, 2.24) is 15.1 Å². The molecular weight excluding hydrogens is 248 g/mol. The summed E-state index contributed by atoms with van der Waals surface area (Å²) in [5.41, 5.74) is 5.95. The van der Waals surface area contributed by atoms with E-state index in [0.29, 0.717) is 0 Å². The van der Waals surface area contributed by atoms with Crippen molar-refractivity contribution in [1.29, 1.82) is 0 Å². The molecule has 0 bridgehead atoms. The number of piperidine rings is 1. The number of hydrogen-bond acceptors (Lipinski definition) is 6. The number of nitrogens with zero attached hydrogens (tertiary/aromatic N) is 2. The number of hydrogen-bond donors (Lipinski definition) is 2. The minimum absolute atomic E-state index is 0.0574. The van der Waals surface area contributed by atoms with E-state index in [1.54, 1.807) is 6.92 Å². The zero-order valence-corrected chi connectivity index (χ0v) is 10.9. The summed E-state index contributed by atoms with van der Waals surface area (Å²) in [4.78, 5) is 23.9. The van der Waals surface area contributed by atoms with Crippen molar-refractivity contribution in [3.05, 3.63) is 11.8 Å². The Bertz CT molecular complexity index is 477. The number of esters is 1. The molecule has 3 N–H and O–H groups in total. The molecule has 104 valence electrons. The van der Waals surface area contributed by atoms with Crippen molar-refractivity contribution in [3.8, 4) is 0 Å². The van der Waals surface area contributed by atoms with Crippen LogP contribution in [0.25, 0.3) is 0 Å². The Labute approximate surface area is 111 Å². The molecule has 0 unspecified atom stereocenters. The molecular formula is C12H18N4O3. The number of carbonyl (C=O) groups excluding carboxylic acids is 2. The van der Waals surface area contributed by atoms with Gasteiger partial charge in [0.25, 0.3) is 5.91 Å². The Hall–Kier alpha value is -1.89. The van der Waals surface area contributed by atoms with E-state index in [-0.39, 0.29) is 29.8 Å². The predicted octanol–water partition coefficient (Wildman–Crippen LogP) is 0.282. The lowest BCUT2D eigenvalue weighted by Gasteiger charge is -2.21. The van der Waals surface area contributed by atoms with Crippen LogP contribution in [0.1, 0.15) is 34.9 Å². The van der Waals surface area contributed by atoms with Crippen LogP contribution in [0, 0.1) is 5.92 Å². The van der Waals surface area contributed by atoms with Gasteiger partial charge >= 0.3 is 5.97 Å². The van der Waals surface area contributed by atoms with Gasteiger partial charge in [-0.3, -0.25) is 4.79 Å². The Morgan fingerprint density at radius 3 is 2.84 bits per heavy atom. The molecule has 1 aromatic rings. The molecule has 1 aliphatic rings. The van der Waals surface area contributed by atoms with Gasteiger partial charge in [-0.15, -0.1) is 0 Å². The van der Waals surface area contributed by atoms with Crippen molar-refractivity contribution in [2.75, 3.05) is 25.4 Å². The molecule has 0 aliphatic carbocycles. The molecule has 0 radical (unpaired) electrons. The summed E-state index contributed by atoms with van der Waals surface area (Å²) in [6.45, 7) is 3.58. The zero-order chi connectivity index (χ0) is 13.8. The fraction of sp³-hybridized carbons (Fsp3) is 0.583. The summed E-state index contributed by atoms with van der Waals surface area (Å²) in [5, 5.41) is 7.10. The lowest BCUT2D eigenvalue weighted by molar-refractivity contribution is 0.0527. The van der Waals surface area contributed by atoms with Gasteiger partial charge in [-0.1, -0.05) is 0 Å². The molecule has 7 heteroatoms. The van der Waals surface area contributed by atoms with E-state index in [1.807, 2.05) is 0 Å². The molecule has 2 rings (SSSR count). The number of nitrogen functional groups attached to an aromatic ring is 1. The van der Waals surface area contributed by atoms with Crippen molar-refractivity contribution in [2.45, 2.75) is 19.8 Å². The molecule has 0 aromatic carbocycles. The maximum absolute atomic E-state index is 12.3. The summed E-state index contributed by atoms with van der Waals surface area (Å²) in [7, 11) is 0. The fourth-order valence-electron chi connectivity index (χ4n) is 2.14. The Balaban J connectivity index is 2.16. The standard InChI is InChI=1S/C12H18N4O3/c1-2-19-12(18)9-7-15-16(10(9)13)11(17)8-3-5-14-6-4-8/h7-8,14H,2-6,13H2,1H3. The second-order valence-corrected chi connectivity index (χ2v) is 4.44. The van der Waals surface area contributed by atoms with E-state index in [0.717, 1.165) is 30.6 Å². The molecule has 0 spiro atoms. The van der Waals surface area contributed by atoms with Crippen molar-refractivity contribution in [3.63, 3.8) is 0 Å². The van der Waals surface area contributed by atoms with Gasteiger partial charge in [0.15, 0.2) is 0 Å². The second kappa shape index (κ2) is 5.83. The highest BCUT2D eigenvalue weighted by Gasteiger charge is 2.26. The Morgan fingerprint density at radius 2 is 2.21 bits per heavy atom. The highest BCUT2D eigenvalue weighted by Crippen LogP contribution is 2.19. The average molecular weight is 266 g/mol. The summed E-state index contributed by atoms with van der Waals surface area (Å²) < 4.78 is 5.97. The molecule has 0 saturated carbocycles. The molecule has 1 fully saturated rings. The minimum atomic E-state index is -0.552. The summed E-state index contributed by atoms with van der Waals surface area (Å²) in [5.74, 6) is -0.751. The smallest absolute Gasteiger partial charge is 0.343 e. The summed E-state index contributed by atoms with van der Waals surface area (Å²) >= 11 is 0. The van der Waals surface area contributed by atoms with E-state index in [9.17, 15) is 9.59 Å². The van der Waals surface area contributed by atoms with Crippen LogP contribution < -0.4 is 11.1 Å². The normalized spacial score (nSPS) is 16.3. The SMILES string of the molecule is CCOC(=O)c1cnn(C(=O)C2CCNCC2)c1N. The number of nitrogens with one attached hydrogen (secondary N) is 1. The molecule has 0 atom stereocenters. The van der Waals surface area contributed by atoms with Crippen LogP contribution in [0.15, 0.2) is 6.20 Å². The van der Waals surface area contributed by atoms with E-state index in [4.69, 9.17) is 10.5 Å². The monoisotopic (exact) mass is 266 g/mol. The van der Waals surface area contributed by atoms with Crippen LogP contribution in [0.2, 0.25) is 0 Å². The van der Waals surface area contributed by atoms with Crippen molar-refractivity contribution < 1.29 is 14.3 Å². The first kappa shape index (κ1) is 13.5. The number of anilines is 1. The number of rotatable bonds is 3. The topological polar surface area (TPSA) is 99.2 Å². The first-order valence-corrected chi connectivity index (χ1v) is 6.40. The highest BCUT2D eigenvalue weighted by molar-refractivity contribution is 5.96. The number of carbonyl (C=O) groups is 2. The first-order valence-electron chi connectivity index (χ1n) is 6.40. The maximum atomic E-state index is 12.3. The van der Waals surface area contributed by atoms with Gasteiger partial charge in [0.05, 0.1) is 12.8 Å². The van der Waals surface area contributed by atoms with Gasteiger partial charge in [-0.25, -0.2) is 4.79 Å². The largest absolute Gasteiger partial charge is 0.462 e. The minimum Gasteiger partial charge on any atom is -0.462 e. The molecule has 1 aliphatic heterocycles. The lowest BCUT2D eigenvalue weighted by Crippen LogP contribution is -2.35. The van der Waals surface area contributed by atoms with Crippen molar-refractivity contribution >= 4 is 17.7 Å². The molecule has 19 heavy (non-hydrogen) atoms. The Morgan fingerprint density at radius 1 is 1.53 bits per heavy atom. The molecule has 1 saturated heterocycles. The van der Waals surface area contributed by atoms with Crippen LogP contribution >= 0.6 is 0 Å². The van der Waals surface area contributed by atoms with Crippen LogP contribution in [-0.4, -0.2) is 41.4 Å². The van der Waals surface area contributed by atoms with E-state index in [1.165, 1.54) is 6.20 Å². The Kier molecular flexibility index (Phi) is 4.16. The number of aromatic nitrogens is 2. The maximum Gasteiger partial charge on any atom is 0.343 e. The molecule has 2 heterocycles. The van der Waals surface area contributed by atoms with E-state index < -0.39 is 5.97 Å². The third kappa shape index (κ3) is 2.76. The van der Waals surface area contributed by atoms with Crippen LogP contribution in [0.5, 0.6) is 0 Å². The van der Waals surface area contributed by atoms with Crippen molar-refractivity contribution in [2.24, 2.45) is 5.92 Å². The third-order valence-corrected chi connectivity index (χ3v) is 3.20. The van der Waals surface area contributed by atoms with Gasteiger partial charge < -0.3 is 15.8 Å². The van der Waals surface area contributed by atoms with Crippen LogP contribution in [-0.2, 0) is 4.74 Å². The van der Waals surface area contributed by atoms with Gasteiger partial charge in [0.2, 0.25) is 0 Å². The number of ether oxygens (including phenoxy) is 1. The first-order chi connectivity index (χ1) is 9.15. The van der Waals surface area contributed by atoms with Crippen LogP contribution in [0.4, 0.5) is 5.82 Å². The third-order valence-electron chi connectivity index (χ3n) is 3.20. The van der Waals surface area contributed by atoms with E-state index in [2.05, 4.69) is 10.4 Å². The summed E-state index contributed by atoms with van der Waals surface area (Å²) in [6, 6.07) is 0. The fourth-order valence-corrected chi connectivity index (χ4v) is 2.14. The van der Waals surface area contributed by atoms with Gasteiger partial charge in [0, 0.05) is 5.92 Å². The average Bonchev–Trinajstić information content (AvgIpc) is 2.81. The van der Waals surface area contributed by atoms with Crippen LogP contribution in [0.3, 0.4) is 0 Å². The highest BCUT2D eigenvalue weighted by atomic mass is 16.5. The quantitative estimate of drug-likeness (QED) is 0.762. The van der Waals surface area contributed by atoms with Gasteiger partial charge in [-0.2, -0.15) is 9.78 Å². The number of nitrogens with two attached hydrogens (primary N) is 1. The molecule has 0 amide bonds. The van der Waals surface area contributed by atoms with E-state index >= 15 is 0 Å². The zero-order valence-electron chi connectivity index (χ0n) is 10.9. The van der Waals surface area contributed by atoms with Gasteiger partial charge in [0.1, 0.15) is 11.4 Å². The molecule has 1 aromatic heterocycles. The predicted molar refractivity (Wildman–Crippen MR) is 68.8 cm³/mol. The molecule has 7 nitrogen and oxygen atoms in total. The summed E-state index contributed by atoms with van der Waals surface area (Å²) in [6.07, 6.45) is 2.80.